The molecule has 2 saturated heterocycles. The van der Waals surface area contributed by atoms with Crippen LogP contribution in [-0.2, 0) is 0 Å². The lowest BCUT2D eigenvalue weighted by molar-refractivity contribution is 0.0673. The molecule has 0 N–H and O–H groups in total. The first kappa shape index (κ1) is 19.3. The zero-order chi connectivity index (χ0) is 21.2. The largest absolute Gasteiger partial charge is 0.356 e. The third-order valence-electron chi connectivity index (χ3n) is 6.30. The Morgan fingerprint density at radius 2 is 1.97 bits per heavy atom. The van der Waals surface area contributed by atoms with Crippen molar-refractivity contribution in [3.05, 3.63) is 65.5 Å². The second-order valence-corrected chi connectivity index (χ2v) is 8.08. The molecule has 4 heterocycles. The molecule has 0 amide bonds. The van der Waals surface area contributed by atoms with Gasteiger partial charge in [-0.25, -0.2) is 4.98 Å². The van der Waals surface area contributed by atoms with Crippen molar-refractivity contribution in [2.24, 2.45) is 0 Å². The van der Waals surface area contributed by atoms with E-state index in [4.69, 9.17) is 9.78 Å². The fourth-order valence-corrected chi connectivity index (χ4v) is 4.82. The minimum Gasteiger partial charge on any atom is -0.356 e. The van der Waals surface area contributed by atoms with E-state index in [0.717, 1.165) is 56.0 Å². The van der Waals surface area contributed by atoms with Crippen LogP contribution in [0, 0.1) is 22.7 Å². The van der Waals surface area contributed by atoms with E-state index in [2.05, 4.69) is 32.1 Å². The summed E-state index contributed by atoms with van der Waals surface area (Å²) in [5, 5.41) is 23.0. The van der Waals surface area contributed by atoms with Crippen molar-refractivity contribution >= 4 is 5.82 Å². The Kier molecular flexibility index (Phi) is 5.11. The summed E-state index contributed by atoms with van der Waals surface area (Å²) < 4.78 is 5.66. The number of aromatic nitrogens is 2. The van der Waals surface area contributed by atoms with E-state index < -0.39 is 0 Å². The number of hydrogen-bond donors (Lipinski definition) is 0. The fourth-order valence-electron chi connectivity index (χ4n) is 4.82. The third kappa shape index (κ3) is 3.65. The van der Waals surface area contributed by atoms with Crippen LogP contribution in [0.15, 0.2) is 53.2 Å². The molecule has 2 unspecified atom stereocenters. The van der Waals surface area contributed by atoms with Gasteiger partial charge in [-0.15, -0.1) is 0 Å². The molecule has 0 spiro atoms. The van der Waals surface area contributed by atoms with Crippen LogP contribution in [0.4, 0.5) is 5.82 Å². The first-order chi connectivity index (χ1) is 15.3. The number of pyridine rings is 1. The van der Waals surface area contributed by atoms with Crippen molar-refractivity contribution in [3.8, 4) is 23.5 Å². The van der Waals surface area contributed by atoms with Crippen molar-refractivity contribution in [1.82, 2.24) is 15.0 Å². The van der Waals surface area contributed by atoms with Crippen LogP contribution in [0.25, 0.3) is 11.3 Å². The normalized spacial score (nSPS) is 21.2. The van der Waals surface area contributed by atoms with E-state index in [9.17, 15) is 5.26 Å². The molecule has 154 valence electrons. The van der Waals surface area contributed by atoms with Crippen LogP contribution in [0.1, 0.15) is 42.1 Å². The van der Waals surface area contributed by atoms with Gasteiger partial charge in [-0.3, -0.25) is 4.90 Å². The average Bonchev–Trinajstić information content (AvgIpc) is 3.33. The van der Waals surface area contributed by atoms with Crippen molar-refractivity contribution in [2.75, 3.05) is 24.5 Å². The molecule has 0 bridgehead atoms. The molecular weight excluding hydrogens is 388 g/mol. The SMILES string of the molecule is N#Cc1cccc(-c2cc(C3CCCC4CN(c5ncccc5C#N)CCN43)no2)c1. The number of fused-ring (bicyclic) bond motifs is 1. The van der Waals surface area contributed by atoms with Gasteiger partial charge in [0, 0.05) is 43.5 Å². The molecule has 2 aliphatic heterocycles. The van der Waals surface area contributed by atoms with Crippen molar-refractivity contribution < 1.29 is 4.52 Å². The van der Waals surface area contributed by atoms with Crippen LogP contribution < -0.4 is 4.90 Å². The molecule has 0 aliphatic carbocycles. The Morgan fingerprint density at radius 1 is 1.03 bits per heavy atom. The Bertz CT molecular complexity index is 1170. The Labute approximate surface area is 181 Å². The topological polar surface area (TPSA) is 93.0 Å². The molecule has 2 aliphatic rings. The fraction of sp³-hybridized carbons (Fsp3) is 0.333. The highest BCUT2D eigenvalue weighted by atomic mass is 16.5. The molecule has 0 saturated carbocycles. The Hall–Kier alpha value is -3.68. The highest BCUT2D eigenvalue weighted by Gasteiger charge is 2.37. The van der Waals surface area contributed by atoms with Crippen molar-refractivity contribution in [1.29, 1.82) is 10.5 Å². The van der Waals surface area contributed by atoms with Crippen LogP contribution in [0.2, 0.25) is 0 Å². The van der Waals surface area contributed by atoms with Gasteiger partial charge in [0.1, 0.15) is 17.6 Å². The van der Waals surface area contributed by atoms with Gasteiger partial charge in [0.25, 0.3) is 0 Å². The number of piperidine rings is 1. The van der Waals surface area contributed by atoms with E-state index in [-0.39, 0.29) is 6.04 Å². The van der Waals surface area contributed by atoms with Crippen molar-refractivity contribution in [2.45, 2.75) is 31.3 Å². The van der Waals surface area contributed by atoms with Gasteiger partial charge in [-0.05, 0) is 43.5 Å². The summed E-state index contributed by atoms with van der Waals surface area (Å²) in [5.74, 6) is 1.48. The molecule has 2 aromatic heterocycles. The molecule has 1 aromatic carbocycles. The maximum Gasteiger partial charge on any atom is 0.167 e. The van der Waals surface area contributed by atoms with Gasteiger partial charge in [0.05, 0.1) is 23.2 Å². The number of benzene rings is 1. The van der Waals surface area contributed by atoms with E-state index >= 15 is 0 Å². The molecule has 7 nitrogen and oxygen atoms in total. The van der Waals surface area contributed by atoms with Gasteiger partial charge >= 0.3 is 0 Å². The van der Waals surface area contributed by atoms with E-state index in [0.29, 0.717) is 22.9 Å². The first-order valence-corrected chi connectivity index (χ1v) is 10.6. The van der Waals surface area contributed by atoms with Crippen LogP contribution in [0.5, 0.6) is 0 Å². The molecule has 3 aromatic rings. The van der Waals surface area contributed by atoms with Gasteiger partial charge in [0.15, 0.2) is 5.76 Å². The predicted octanol–water partition coefficient (Wildman–Crippen LogP) is 3.90. The lowest BCUT2D eigenvalue weighted by Crippen LogP contribution is -2.56. The second kappa shape index (κ2) is 8.22. The van der Waals surface area contributed by atoms with Gasteiger partial charge in [-0.2, -0.15) is 10.5 Å². The van der Waals surface area contributed by atoms with E-state index in [1.54, 1.807) is 12.3 Å². The van der Waals surface area contributed by atoms with Crippen LogP contribution >= 0.6 is 0 Å². The van der Waals surface area contributed by atoms with E-state index in [1.807, 2.05) is 36.4 Å². The molecule has 2 atom stereocenters. The summed E-state index contributed by atoms with van der Waals surface area (Å²) in [6.45, 7) is 2.58. The molecular formula is C24H22N6O. The number of piperazine rings is 1. The number of hydrogen-bond acceptors (Lipinski definition) is 7. The quantitative estimate of drug-likeness (QED) is 0.646. The number of nitrogens with zero attached hydrogens (tertiary/aromatic N) is 6. The average molecular weight is 410 g/mol. The highest BCUT2D eigenvalue weighted by Crippen LogP contribution is 2.37. The van der Waals surface area contributed by atoms with Crippen LogP contribution in [-0.4, -0.2) is 40.7 Å². The minimum atomic E-state index is 0.219. The van der Waals surface area contributed by atoms with Gasteiger partial charge < -0.3 is 9.42 Å². The lowest BCUT2D eigenvalue weighted by atomic mass is 9.91. The molecule has 31 heavy (non-hydrogen) atoms. The predicted molar refractivity (Wildman–Crippen MR) is 115 cm³/mol. The third-order valence-corrected chi connectivity index (χ3v) is 6.30. The zero-order valence-electron chi connectivity index (χ0n) is 17.1. The summed E-state index contributed by atoms with van der Waals surface area (Å²) in [6, 6.07) is 18.1. The van der Waals surface area contributed by atoms with Gasteiger partial charge in [0.2, 0.25) is 0 Å². The van der Waals surface area contributed by atoms with Crippen molar-refractivity contribution in [3.63, 3.8) is 0 Å². The zero-order valence-corrected chi connectivity index (χ0v) is 17.1. The Balaban J connectivity index is 1.36. The van der Waals surface area contributed by atoms with Gasteiger partial charge in [-0.1, -0.05) is 17.3 Å². The monoisotopic (exact) mass is 410 g/mol. The molecule has 0 radical (unpaired) electrons. The summed E-state index contributed by atoms with van der Waals surface area (Å²) in [4.78, 5) is 9.24. The smallest absolute Gasteiger partial charge is 0.167 e. The maximum atomic E-state index is 9.44. The van der Waals surface area contributed by atoms with E-state index in [1.165, 1.54) is 0 Å². The van der Waals surface area contributed by atoms with Crippen LogP contribution in [0.3, 0.4) is 0 Å². The molecule has 5 rings (SSSR count). The molecule has 7 heteroatoms. The maximum absolute atomic E-state index is 9.44. The number of anilines is 1. The summed E-state index contributed by atoms with van der Waals surface area (Å²) >= 11 is 0. The Morgan fingerprint density at radius 3 is 2.84 bits per heavy atom. The minimum absolute atomic E-state index is 0.219. The molecule has 2 fully saturated rings. The lowest BCUT2D eigenvalue weighted by Gasteiger charge is -2.48. The highest BCUT2D eigenvalue weighted by molar-refractivity contribution is 5.60. The second-order valence-electron chi connectivity index (χ2n) is 8.08. The summed E-state index contributed by atoms with van der Waals surface area (Å²) in [5.41, 5.74) is 3.06. The first-order valence-electron chi connectivity index (χ1n) is 10.6. The summed E-state index contributed by atoms with van der Waals surface area (Å²) in [6.07, 6.45) is 5.05. The standard InChI is InChI=1S/C24H22N6O/c25-14-17-4-1-5-18(12-17)23-13-21(28-31-23)22-8-2-7-20-16-29(10-11-30(20)22)24-19(15-26)6-3-9-27-24/h1,3-6,9,12-13,20,22H,2,7-8,10-11,16H2. The summed E-state index contributed by atoms with van der Waals surface area (Å²) in [7, 11) is 0. The number of rotatable bonds is 3. The number of nitriles is 2.